The number of carbonyl (C=O) groups is 2. The predicted molar refractivity (Wildman–Crippen MR) is 57.1 cm³/mol. The van der Waals surface area contributed by atoms with Crippen LogP contribution in [-0.4, -0.2) is 36.4 Å². The maximum Gasteiger partial charge on any atom is 0.407 e. The molecule has 0 radical (unpaired) electrons. The fraction of sp³-hybridized carbons (Fsp3) is 0.273. The van der Waals surface area contributed by atoms with Gasteiger partial charge in [-0.25, -0.2) is 14.0 Å². The Kier molecular flexibility index (Phi) is 3.31. The van der Waals surface area contributed by atoms with Gasteiger partial charge in [0.05, 0.1) is 6.54 Å². The number of para-hydroxylation sites is 1. The smallest absolute Gasteiger partial charge is 0.407 e. The lowest BCUT2D eigenvalue weighted by molar-refractivity contribution is 0.0681. The van der Waals surface area contributed by atoms with Crippen molar-refractivity contribution in [2.75, 3.05) is 13.2 Å². The third-order valence-electron chi connectivity index (χ3n) is 2.36. The largest absolute Gasteiger partial charge is 0.486 e. The van der Waals surface area contributed by atoms with E-state index in [-0.39, 0.29) is 24.5 Å². The summed E-state index contributed by atoms with van der Waals surface area (Å²) in [5, 5.41) is 11.3. The zero-order valence-electron chi connectivity index (χ0n) is 9.18. The second-order valence-electron chi connectivity index (χ2n) is 3.64. The first kappa shape index (κ1) is 12.2. The van der Waals surface area contributed by atoms with E-state index >= 15 is 0 Å². The van der Waals surface area contributed by atoms with E-state index in [9.17, 15) is 14.0 Å². The molecule has 7 heteroatoms. The quantitative estimate of drug-likeness (QED) is 0.838. The standard InChI is InChI=1S/C11H10FNO5/c12-8-3-1-2-7(10(14)15)9(8)17-5-6-4-13-11(16)18-6/h1-3,6H,4-5H2,(H,13,16)(H,14,15). The highest BCUT2D eigenvalue weighted by Gasteiger charge is 2.24. The highest BCUT2D eigenvalue weighted by Crippen LogP contribution is 2.23. The van der Waals surface area contributed by atoms with Crippen LogP contribution in [0, 0.1) is 5.82 Å². The number of hydrogen-bond donors (Lipinski definition) is 2. The summed E-state index contributed by atoms with van der Waals surface area (Å²) in [6.07, 6.45) is -1.13. The molecule has 1 aliphatic heterocycles. The highest BCUT2D eigenvalue weighted by molar-refractivity contribution is 5.90. The second-order valence-corrected chi connectivity index (χ2v) is 3.64. The van der Waals surface area contributed by atoms with Crippen LogP contribution < -0.4 is 10.1 Å². The molecule has 1 unspecified atom stereocenters. The number of amides is 1. The maximum atomic E-state index is 13.4. The lowest BCUT2D eigenvalue weighted by Gasteiger charge is -2.12. The van der Waals surface area contributed by atoms with Crippen LogP contribution in [0.2, 0.25) is 0 Å². The molecule has 1 amide bonds. The summed E-state index contributed by atoms with van der Waals surface area (Å²) in [6.45, 7) is 0.135. The Balaban J connectivity index is 2.08. The highest BCUT2D eigenvalue weighted by atomic mass is 19.1. The zero-order chi connectivity index (χ0) is 13.1. The van der Waals surface area contributed by atoms with Gasteiger partial charge in [0, 0.05) is 0 Å². The SMILES string of the molecule is O=C1NCC(COc2c(F)cccc2C(=O)O)O1. The molecular weight excluding hydrogens is 245 g/mol. The molecule has 1 fully saturated rings. The zero-order valence-corrected chi connectivity index (χ0v) is 9.18. The van der Waals surface area contributed by atoms with Crippen LogP contribution in [0.15, 0.2) is 18.2 Å². The number of alkyl carbamates (subject to hydrolysis) is 1. The minimum absolute atomic E-state index is 0.111. The Bertz CT molecular complexity index is 490. The number of carboxylic acids is 1. The number of ether oxygens (including phenoxy) is 2. The van der Waals surface area contributed by atoms with Crippen LogP contribution >= 0.6 is 0 Å². The summed E-state index contributed by atoms with van der Waals surface area (Å²) in [5.74, 6) is -2.41. The van der Waals surface area contributed by atoms with Crippen molar-refractivity contribution in [3.63, 3.8) is 0 Å². The van der Waals surface area contributed by atoms with Crippen molar-refractivity contribution < 1.29 is 28.6 Å². The van der Waals surface area contributed by atoms with Crippen molar-refractivity contribution in [1.29, 1.82) is 0 Å². The first-order valence-corrected chi connectivity index (χ1v) is 5.17. The van der Waals surface area contributed by atoms with Gasteiger partial charge >= 0.3 is 12.1 Å². The molecule has 0 aromatic heterocycles. The molecule has 2 N–H and O–H groups in total. The van der Waals surface area contributed by atoms with Gasteiger partial charge in [-0.15, -0.1) is 0 Å². The molecule has 1 aromatic rings. The van der Waals surface area contributed by atoms with Crippen molar-refractivity contribution in [2.24, 2.45) is 0 Å². The van der Waals surface area contributed by atoms with Gasteiger partial charge in [0.2, 0.25) is 0 Å². The number of carbonyl (C=O) groups excluding carboxylic acids is 1. The fourth-order valence-corrected chi connectivity index (χ4v) is 1.53. The van der Waals surface area contributed by atoms with E-state index in [4.69, 9.17) is 14.6 Å². The number of hydrogen-bond acceptors (Lipinski definition) is 4. The summed E-state index contributed by atoms with van der Waals surface area (Å²) in [6, 6.07) is 3.61. The van der Waals surface area contributed by atoms with Gasteiger partial charge < -0.3 is 19.9 Å². The number of carboxylic acid groups (broad SMARTS) is 1. The van der Waals surface area contributed by atoms with Crippen LogP contribution in [0.3, 0.4) is 0 Å². The van der Waals surface area contributed by atoms with Gasteiger partial charge in [-0.3, -0.25) is 0 Å². The second kappa shape index (κ2) is 4.91. The lowest BCUT2D eigenvalue weighted by atomic mass is 10.2. The third-order valence-corrected chi connectivity index (χ3v) is 2.36. The molecule has 96 valence electrons. The molecule has 2 rings (SSSR count). The van der Waals surface area contributed by atoms with Gasteiger partial charge in [0.25, 0.3) is 0 Å². The molecule has 1 heterocycles. The summed E-state index contributed by atoms with van der Waals surface area (Å²) in [5.41, 5.74) is -0.271. The molecule has 6 nitrogen and oxygen atoms in total. The van der Waals surface area contributed by atoms with Crippen LogP contribution in [0.25, 0.3) is 0 Å². The van der Waals surface area contributed by atoms with Gasteiger partial charge in [-0.05, 0) is 12.1 Å². The lowest BCUT2D eigenvalue weighted by Crippen LogP contribution is -2.23. The minimum atomic E-state index is -1.29. The van der Waals surface area contributed by atoms with Crippen molar-refractivity contribution in [3.8, 4) is 5.75 Å². The van der Waals surface area contributed by atoms with E-state index in [1.165, 1.54) is 12.1 Å². The Morgan fingerprint density at radius 3 is 3.00 bits per heavy atom. The first-order valence-electron chi connectivity index (χ1n) is 5.17. The van der Waals surface area contributed by atoms with Crippen LogP contribution in [0.1, 0.15) is 10.4 Å². The van der Waals surface area contributed by atoms with Crippen molar-refractivity contribution in [2.45, 2.75) is 6.10 Å². The van der Waals surface area contributed by atoms with Crippen LogP contribution in [0.4, 0.5) is 9.18 Å². The summed E-state index contributed by atoms with van der Waals surface area (Å²) in [4.78, 5) is 21.6. The van der Waals surface area contributed by atoms with E-state index in [1.807, 2.05) is 0 Å². The number of benzene rings is 1. The molecule has 18 heavy (non-hydrogen) atoms. The van der Waals surface area contributed by atoms with Gasteiger partial charge in [0.1, 0.15) is 12.2 Å². The number of rotatable bonds is 4. The molecule has 1 atom stereocenters. The van der Waals surface area contributed by atoms with E-state index in [2.05, 4.69) is 5.32 Å². The van der Waals surface area contributed by atoms with Crippen molar-refractivity contribution in [3.05, 3.63) is 29.6 Å². The molecule has 1 aromatic carbocycles. The average Bonchev–Trinajstić information content (AvgIpc) is 2.73. The van der Waals surface area contributed by atoms with E-state index in [1.54, 1.807) is 0 Å². The first-order chi connectivity index (χ1) is 8.58. The Hall–Kier alpha value is -2.31. The maximum absolute atomic E-state index is 13.4. The van der Waals surface area contributed by atoms with Crippen LogP contribution in [-0.2, 0) is 4.74 Å². The number of aromatic carboxylic acids is 1. The fourth-order valence-electron chi connectivity index (χ4n) is 1.53. The normalized spacial score (nSPS) is 18.1. The minimum Gasteiger partial charge on any atom is -0.486 e. The Labute approximate surface area is 101 Å². The molecule has 1 aliphatic rings. The van der Waals surface area contributed by atoms with E-state index < -0.39 is 24.0 Å². The van der Waals surface area contributed by atoms with Crippen LogP contribution in [0.5, 0.6) is 5.75 Å². The molecule has 0 bridgehead atoms. The van der Waals surface area contributed by atoms with Gasteiger partial charge in [-0.2, -0.15) is 0 Å². The average molecular weight is 255 g/mol. The Morgan fingerprint density at radius 1 is 1.61 bits per heavy atom. The molecule has 0 aliphatic carbocycles. The molecule has 0 saturated carbocycles. The van der Waals surface area contributed by atoms with E-state index in [0.717, 1.165) is 6.07 Å². The van der Waals surface area contributed by atoms with E-state index in [0.29, 0.717) is 0 Å². The van der Waals surface area contributed by atoms with Gasteiger partial charge in [0.15, 0.2) is 17.7 Å². The molecular formula is C11H10FNO5. The molecule has 0 spiro atoms. The number of nitrogens with one attached hydrogen (secondary N) is 1. The molecule has 1 saturated heterocycles. The topological polar surface area (TPSA) is 84.9 Å². The summed E-state index contributed by atoms with van der Waals surface area (Å²) >= 11 is 0. The van der Waals surface area contributed by atoms with Gasteiger partial charge in [-0.1, -0.05) is 6.07 Å². The van der Waals surface area contributed by atoms with Crippen molar-refractivity contribution in [1.82, 2.24) is 5.32 Å². The summed E-state index contributed by atoms with van der Waals surface area (Å²) < 4.78 is 23.3. The summed E-state index contributed by atoms with van der Waals surface area (Å²) in [7, 11) is 0. The Morgan fingerprint density at radius 2 is 2.39 bits per heavy atom. The van der Waals surface area contributed by atoms with Crippen molar-refractivity contribution >= 4 is 12.1 Å². The monoisotopic (exact) mass is 255 g/mol. The number of halogens is 1. The third kappa shape index (κ3) is 2.50. The predicted octanol–water partition coefficient (Wildman–Crippen LogP) is 1.01. The number of cyclic esters (lactones) is 1.